The van der Waals surface area contributed by atoms with E-state index in [2.05, 4.69) is 48.3 Å². The molecule has 1 saturated heterocycles. The Bertz CT molecular complexity index is 732. The topological polar surface area (TPSA) is 69.8 Å². The van der Waals surface area contributed by atoms with Crippen molar-refractivity contribution in [2.75, 3.05) is 5.32 Å². The van der Waals surface area contributed by atoms with Crippen LogP contribution >= 0.6 is 0 Å². The van der Waals surface area contributed by atoms with Gasteiger partial charge in [0.2, 0.25) is 5.95 Å². The molecule has 0 radical (unpaired) electrons. The van der Waals surface area contributed by atoms with Crippen LogP contribution in [0.1, 0.15) is 40.5 Å². The number of rotatable bonds is 2. The van der Waals surface area contributed by atoms with E-state index in [0.29, 0.717) is 11.3 Å². The Hall–Kier alpha value is -1.88. The zero-order valence-corrected chi connectivity index (χ0v) is 13.7. The summed E-state index contributed by atoms with van der Waals surface area (Å²) in [5.41, 5.74) is 0.731. The van der Waals surface area contributed by atoms with Crippen LogP contribution in [-0.4, -0.2) is 27.1 Å². The van der Waals surface area contributed by atoms with E-state index >= 15 is 0 Å². The van der Waals surface area contributed by atoms with Gasteiger partial charge in [-0.05, 0) is 52.7 Å². The molecular formula is C17H24N4O. The standard InChI is InChI=1S/C17H24N4O/c1-16(2)9-11(10-17(3,4)21-16)18-15-19-13-8-6-5-7-12(13)14(22)20-15/h5-8,11,21H,9-10H2,1-4H3,(H2,18,19,20,22). The van der Waals surface area contributed by atoms with Crippen molar-refractivity contribution < 1.29 is 0 Å². The molecule has 3 rings (SSSR count). The Kier molecular flexibility index (Phi) is 3.48. The van der Waals surface area contributed by atoms with E-state index in [0.717, 1.165) is 18.4 Å². The number of nitrogens with one attached hydrogen (secondary N) is 3. The van der Waals surface area contributed by atoms with E-state index in [1.807, 2.05) is 18.2 Å². The van der Waals surface area contributed by atoms with E-state index in [1.165, 1.54) is 0 Å². The minimum Gasteiger partial charge on any atom is -0.353 e. The van der Waals surface area contributed by atoms with Gasteiger partial charge in [-0.3, -0.25) is 9.78 Å². The van der Waals surface area contributed by atoms with Crippen molar-refractivity contribution in [2.45, 2.75) is 57.7 Å². The lowest BCUT2D eigenvalue weighted by Crippen LogP contribution is -2.60. The summed E-state index contributed by atoms with van der Waals surface area (Å²) in [6, 6.07) is 7.68. The number of H-pyrrole nitrogens is 1. The molecule has 1 aromatic heterocycles. The first kappa shape index (κ1) is 15.0. The molecule has 0 bridgehead atoms. The fourth-order valence-electron chi connectivity index (χ4n) is 3.77. The predicted octanol–water partition coefficient (Wildman–Crippen LogP) is 2.64. The Morgan fingerprint density at radius 1 is 1.14 bits per heavy atom. The Morgan fingerprint density at radius 3 is 2.45 bits per heavy atom. The smallest absolute Gasteiger partial charge is 0.260 e. The molecule has 1 fully saturated rings. The van der Waals surface area contributed by atoms with Crippen molar-refractivity contribution in [1.29, 1.82) is 0 Å². The van der Waals surface area contributed by atoms with E-state index < -0.39 is 0 Å². The zero-order chi connectivity index (χ0) is 16.0. The van der Waals surface area contributed by atoms with Crippen LogP contribution in [0.2, 0.25) is 0 Å². The van der Waals surface area contributed by atoms with Crippen molar-refractivity contribution in [3.8, 4) is 0 Å². The second-order valence-corrected chi connectivity index (χ2v) is 7.57. The van der Waals surface area contributed by atoms with E-state index in [-0.39, 0.29) is 22.7 Å². The molecular weight excluding hydrogens is 276 g/mol. The molecule has 5 heteroatoms. The highest BCUT2D eigenvalue weighted by Gasteiger charge is 2.37. The molecule has 2 aromatic rings. The number of fused-ring (bicyclic) bond motifs is 1. The van der Waals surface area contributed by atoms with Gasteiger partial charge in [0.05, 0.1) is 10.9 Å². The molecule has 22 heavy (non-hydrogen) atoms. The van der Waals surface area contributed by atoms with Gasteiger partial charge in [-0.1, -0.05) is 12.1 Å². The SMILES string of the molecule is CC1(C)CC(Nc2nc3ccccc3c(=O)[nH]2)CC(C)(C)N1. The van der Waals surface area contributed by atoms with Crippen molar-refractivity contribution in [3.05, 3.63) is 34.6 Å². The molecule has 118 valence electrons. The summed E-state index contributed by atoms with van der Waals surface area (Å²) in [6.45, 7) is 8.83. The lowest BCUT2D eigenvalue weighted by molar-refractivity contribution is 0.170. The van der Waals surface area contributed by atoms with Crippen LogP contribution < -0.4 is 16.2 Å². The highest BCUT2D eigenvalue weighted by molar-refractivity contribution is 5.78. The third kappa shape index (κ3) is 3.14. The number of anilines is 1. The summed E-state index contributed by atoms with van der Waals surface area (Å²) in [4.78, 5) is 19.5. The maximum absolute atomic E-state index is 12.1. The summed E-state index contributed by atoms with van der Waals surface area (Å²) in [5.74, 6) is 0.558. The first-order chi connectivity index (χ1) is 10.2. The van der Waals surface area contributed by atoms with Crippen LogP contribution in [0.15, 0.2) is 29.1 Å². The summed E-state index contributed by atoms with van der Waals surface area (Å²) in [7, 11) is 0. The van der Waals surface area contributed by atoms with Gasteiger partial charge in [-0.25, -0.2) is 4.98 Å². The van der Waals surface area contributed by atoms with E-state index in [9.17, 15) is 4.79 Å². The minimum atomic E-state index is -0.0967. The Morgan fingerprint density at radius 2 is 1.77 bits per heavy atom. The van der Waals surface area contributed by atoms with Gasteiger partial charge in [-0.2, -0.15) is 0 Å². The first-order valence-corrected chi connectivity index (χ1v) is 7.79. The normalized spacial score (nSPS) is 20.9. The van der Waals surface area contributed by atoms with Crippen LogP contribution in [0, 0.1) is 0 Å². The lowest BCUT2D eigenvalue weighted by Gasteiger charge is -2.46. The van der Waals surface area contributed by atoms with Crippen LogP contribution in [0.4, 0.5) is 5.95 Å². The number of para-hydroxylation sites is 1. The van der Waals surface area contributed by atoms with E-state index in [4.69, 9.17) is 0 Å². The van der Waals surface area contributed by atoms with Crippen LogP contribution in [0.3, 0.4) is 0 Å². The van der Waals surface area contributed by atoms with Gasteiger partial charge in [0.25, 0.3) is 5.56 Å². The average Bonchev–Trinajstić information content (AvgIpc) is 2.34. The number of nitrogens with zero attached hydrogens (tertiary/aromatic N) is 1. The van der Waals surface area contributed by atoms with Crippen LogP contribution in [-0.2, 0) is 0 Å². The number of hydrogen-bond acceptors (Lipinski definition) is 4. The van der Waals surface area contributed by atoms with Crippen molar-refractivity contribution in [2.24, 2.45) is 0 Å². The largest absolute Gasteiger partial charge is 0.353 e. The Labute approximate surface area is 130 Å². The molecule has 0 amide bonds. The molecule has 2 heterocycles. The molecule has 1 aliphatic rings. The maximum Gasteiger partial charge on any atom is 0.260 e. The highest BCUT2D eigenvalue weighted by atomic mass is 16.1. The van der Waals surface area contributed by atoms with Gasteiger partial charge < -0.3 is 10.6 Å². The van der Waals surface area contributed by atoms with Gasteiger partial charge in [0, 0.05) is 17.1 Å². The molecule has 0 atom stereocenters. The quantitative estimate of drug-likeness (QED) is 0.797. The second kappa shape index (κ2) is 5.09. The minimum absolute atomic E-state index is 0.0521. The number of piperidine rings is 1. The third-order valence-corrected chi connectivity index (χ3v) is 4.14. The molecule has 0 unspecified atom stereocenters. The predicted molar refractivity (Wildman–Crippen MR) is 90.3 cm³/mol. The van der Waals surface area contributed by atoms with Crippen molar-refractivity contribution in [3.63, 3.8) is 0 Å². The van der Waals surface area contributed by atoms with Gasteiger partial charge in [0.15, 0.2) is 0 Å². The molecule has 5 nitrogen and oxygen atoms in total. The Balaban J connectivity index is 1.88. The van der Waals surface area contributed by atoms with Gasteiger partial charge in [-0.15, -0.1) is 0 Å². The van der Waals surface area contributed by atoms with Gasteiger partial charge >= 0.3 is 0 Å². The molecule has 0 spiro atoms. The second-order valence-electron chi connectivity index (χ2n) is 7.57. The molecule has 1 aliphatic heterocycles. The number of aromatic nitrogens is 2. The molecule has 1 aromatic carbocycles. The molecule has 0 saturated carbocycles. The summed E-state index contributed by atoms with van der Waals surface area (Å²) in [5, 5.41) is 7.70. The lowest BCUT2D eigenvalue weighted by atomic mass is 9.80. The van der Waals surface area contributed by atoms with Gasteiger partial charge in [0.1, 0.15) is 0 Å². The zero-order valence-electron chi connectivity index (χ0n) is 13.7. The van der Waals surface area contributed by atoms with Crippen molar-refractivity contribution >= 4 is 16.9 Å². The van der Waals surface area contributed by atoms with Crippen LogP contribution in [0.25, 0.3) is 10.9 Å². The maximum atomic E-state index is 12.1. The summed E-state index contributed by atoms with van der Waals surface area (Å²) in [6.07, 6.45) is 1.96. The number of benzene rings is 1. The fraction of sp³-hybridized carbons (Fsp3) is 0.529. The molecule has 0 aliphatic carbocycles. The average molecular weight is 300 g/mol. The number of hydrogen-bond donors (Lipinski definition) is 3. The van der Waals surface area contributed by atoms with Crippen molar-refractivity contribution in [1.82, 2.24) is 15.3 Å². The summed E-state index contributed by atoms with van der Waals surface area (Å²) >= 11 is 0. The fourth-order valence-corrected chi connectivity index (χ4v) is 3.77. The molecule has 3 N–H and O–H groups in total. The van der Waals surface area contributed by atoms with Crippen LogP contribution in [0.5, 0.6) is 0 Å². The van der Waals surface area contributed by atoms with E-state index in [1.54, 1.807) is 6.07 Å². The third-order valence-electron chi connectivity index (χ3n) is 4.14. The monoisotopic (exact) mass is 300 g/mol. The summed E-state index contributed by atoms with van der Waals surface area (Å²) < 4.78 is 0. The highest BCUT2D eigenvalue weighted by Crippen LogP contribution is 2.29. The first-order valence-electron chi connectivity index (χ1n) is 7.79. The number of aromatic amines is 1.